The Kier molecular flexibility index (Phi) is 3.44. The summed E-state index contributed by atoms with van der Waals surface area (Å²) in [5.74, 6) is -0.652. The molecule has 0 spiro atoms. The van der Waals surface area contributed by atoms with E-state index >= 15 is 0 Å². The maximum Gasteiger partial charge on any atom is 0.310 e. The minimum Gasteiger partial charge on any atom is -0.481 e. The van der Waals surface area contributed by atoms with Gasteiger partial charge in [-0.15, -0.1) is 0 Å². The largest absolute Gasteiger partial charge is 0.481 e. The zero-order valence-electron chi connectivity index (χ0n) is 10.3. The summed E-state index contributed by atoms with van der Waals surface area (Å²) in [6, 6.07) is 0. The summed E-state index contributed by atoms with van der Waals surface area (Å²) < 4.78 is 0. The lowest BCUT2D eigenvalue weighted by atomic mass is 9.81. The fraction of sp³-hybridized carbons (Fsp3) is 0.917. The monoisotopic (exact) mass is 213 g/mol. The third-order valence-corrected chi connectivity index (χ3v) is 2.99. The number of carboxylic acids is 1. The summed E-state index contributed by atoms with van der Waals surface area (Å²) in [7, 11) is 0. The molecule has 1 aliphatic rings. The van der Waals surface area contributed by atoms with Crippen molar-refractivity contribution in [2.24, 2.45) is 10.8 Å². The van der Waals surface area contributed by atoms with Crippen LogP contribution in [0.1, 0.15) is 40.5 Å². The molecule has 3 heteroatoms. The van der Waals surface area contributed by atoms with E-state index in [1.807, 2.05) is 6.92 Å². The third-order valence-electron chi connectivity index (χ3n) is 2.99. The van der Waals surface area contributed by atoms with E-state index in [-0.39, 0.29) is 5.41 Å². The smallest absolute Gasteiger partial charge is 0.310 e. The average Bonchev–Trinajstić information content (AvgIpc) is 2.00. The predicted molar refractivity (Wildman–Crippen MR) is 60.9 cm³/mol. The molecule has 0 saturated carbocycles. The standard InChI is InChI=1S/C12H23NO2/c1-11(2,3)8-13-7-5-6-12(4,9-13)10(14)15/h5-9H2,1-4H3,(H,14,15). The van der Waals surface area contributed by atoms with Crippen LogP contribution >= 0.6 is 0 Å². The molecule has 88 valence electrons. The van der Waals surface area contributed by atoms with E-state index in [0.717, 1.165) is 25.9 Å². The van der Waals surface area contributed by atoms with Crippen LogP contribution in [0.25, 0.3) is 0 Å². The zero-order chi connectivity index (χ0) is 11.7. The summed E-state index contributed by atoms with van der Waals surface area (Å²) in [6.07, 6.45) is 1.81. The number of hydrogen-bond acceptors (Lipinski definition) is 2. The number of aliphatic carboxylic acids is 1. The summed E-state index contributed by atoms with van der Waals surface area (Å²) in [5, 5.41) is 9.19. The summed E-state index contributed by atoms with van der Waals surface area (Å²) in [5.41, 5.74) is -0.291. The van der Waals surface area contributed by atoms with Crippen molar-refractivity contribution in [2.45, 2.75) is 40.5 Å². The lowest BCUT2D eigenvalue weighted by molar-refractivity contribution is -0.151. The van der Waals surface area contributed by atoms with Gasteiger partial charge in [0.15, 0.2) is 0 Å². The van der Waals surface area contributed by atoms with Crippen LogP contribution in [0.3, 0.4) is 0 Å². The van der Waals surface area contributed by atoms with Crippen molar-refractivity contribution >= 4 is 5.97 Å². The van der Waals surface area contributed by atoms with E-state index in [9.17, 15) is 9.90 Å². The molecule has 0 aromatic heterocycles. The Morgan fingerprint density at radius 1 is 1.47 bits per heavy atom. The minimum absolute atomic E-state index is 0.247. The average molecular weight is 213 g/mol. The fourth-order valence-corrected chi connectivity index (χ4v) is 2.32. The highest BCUT2D eigenvalue weighted by atomic mass is 16.4. The Morgan fingerprint density at radius 3 is 2.53 bits per heavy atom. The number of likely N-dealkylation sites (tertiary alicyclic amines) is 1. The molecule has 3 nitrogen and oxygen atoms in total. The highest BCUT2D eigenvalue weighted by Crippen LogP contribution is 2.31. The van der Waals surface area contributed by atoms with Gasteiger partial charge >= 0.3 is 5.97 Å². The number of nitrogens with zero attached hydrogens (tertiary/aromatic N) is 1. The van der Waals surface area contributed by atoms with E-state index in [2.05, 4.69) is 25.7 Å². The van der Waals surface area contributed by atoms with Gasteiger partial charge < -0.3 is 10.0 Å². The van der Waals surface area contributed by atoms with Crippen molar-refractivity contribution in [1.29, 1.82) is 0 Å². The highest BCUT2D eigenvalue weighted by molar-refractivity contribution is 5.74. The number of carboxylic acid groups (broad SMARTS) is 1. The second kappa shape index (κ2) is 4.12. The molecular formula is C12H23NO2. The molecule has 1 fully saturated rings. The molecule has 1 N–H and O–H groups in total. The van der Waals surface area contributed by atoms with Crippen LogP contribution in [0.2, 0.25) is 0 Å². The Labute approximate surface area is 92.5 Å². The molecule has 1 atom stereocenters. The van der Waals surface area contributed by atoms with Crippen LogP contribution in [-0.2, 0) is 4.79 Å². The molecule has 1 rings (SSSR count). The van der Waals surface area contributed by atoms with Gasteiger partial charge in [-0.3, -0.25) is 4.79 Å². The van der Waals surface area contributed by atoms with Crippen LogP contribution in [-0.4, -0.2) is 35.6 Å². The first kappa shape index (κ1) is 12.5. The molecule has 0 amide bonds. The summed E-state index contributed by atoms with van der Waals surface area (Å²) in [6.45, 7) is 11.2. The van der Waals surface area contributed by atoms with Gasteiger partial charge in [0.1, 0.15) is 0 Å². The van der Waals surface area contributed by atoms with Gasteiger partial charge in [-0.25, -0.2) is 0 Å². The van der Waals surface area contributed by atoms with Gasteiger partial charge in [0, 0.05) is 13.1 Å². The maximum absolute atomic E-state index is 11.2. The molecule has 1 unspecified atom stereocenters. The fourth-order valence-electron chi connectivity index (χ4n) is 2.32. The molecule has 1 saturated heterocycles. The quantitative estimate of drug-likeness (QED) is 0.764. The molecule has 1 aliphatic heterocycles. The van der Waals surface area contributed by atoms with Crippen LogP contribution in [0.15, 0.2) is 0 Å². The van der Waals surface area contributed by atoms with E-state index in [1.165, 1.54) is 0 Å². The number of hydrogen-bond donors (Lipinski definition) is 1. The normalized spacial score (nSPS) is 29.1. The van der Waals surface area contributed by atoms with Gasteiger partial charge in [0.2, 0.25) is 0 Å². The van der Waals surface area contributed by atoms with Gasteiger partial charge in [0.05, 0.1) is 5.41 Å². The number of rotatable bonds is 2. The Bertz CT molecular complexity index is 244. The van der Waals surface area contributed by atoms with Gasteiger partial charge in [-0.2, -0.15) is 0 Å². The van der Waals surface area contributed by atoms with Gasteiger partial charge in [-0.1, -0.05) is 20.8 Å². The Hall–Kier alpha value is -0.570. The lowest BCUT2D eigenvalue weighted by Gasteiger charge is -2.40. The van der Waals surface area contributed by atoms with E-state index in [1.54, 1.807) is 0 Å². The van der Waals surface area contributed by atoms with Crippen molar-refractivity contribution < 1.29 is 9.90 Å². The van der Waals surface area contributed by atoms with E-state index in [4.69, 9.17) is 0 Å². The van der Waals surface area contributed by atoms with Crippen molar-refractivity contribution in [3.63, 3.8) is 0 Å². The molecule has 0 bridgehead atoms. The molecular weight excluding hydrogens is 190 g/mol. The maximum atomic E-state index is 11.2. The second-order valence-electron chi connectivity index (χ2n) is 6.24. The first-order chi connectivity index (χ1) is 6.73. The van der Waals surface area contributed by atoms with Gasteiger partial charge in [-0.05, 0) is 31.7 Å². The SMILES string of the molecule is CC(C)(C)CN1CCCC(C)(C(=O)O)C1. The predicted octanol–water partition coefficient (Wildman–Crippen LogP) is 2.22. The van der Waals surface area contributed by atoms with Crippen molar-refractivity contribution in [2.75, 3.05) is 19.6 Å². The van der Waals surface area contributed by atoms with Crippen LogP contribution in [0.5, 0.6) is 0 Å². The van der Waals surface area contributed by atoms with Crippen molar-refractivity contribution in [1.82, 2.24) is 4.90 Å². The van der Waals surface area contributed by atoms with Crippen molar-refractivity contribution in [3.8, 4) is 0 Å². The Morgan fingerprint density at radius 2 is 2.07 bits per heavy atom. The van der Waals surface area contributed by atoms with E-state index < -0.39 is 11.4 Å². The molecule has 0 aromatic rings. The number of piperidine rings is 1. The third kappa shape index (κ3) is 3.49. The lowest BCUT2D eigenvalue weighted by Crippen LogP contribution is -2.48. The van der Waals surface area contributed by atoms with E-state index in [0.29, 0.717) is 6.54 Å². The summed E-state index contributed by atoms with van der Waals surface area (Å²) >= 11 is 0. The Balaban J connectivity index is 2.60. The number of carbonyl (C=O) groups is 1. The molecule has 0 radical (unpaired) electrons. The van der Waals surface area contributed by atoms with Crippen LogP contribution in [0.4, 0.5) is 0 Å². The molecule has 15 heavy (non-hydrogen) atoms. The summed E-state index contributed by atoms with van der Waals surface area (Å²) in [4.78, 5) is 13.4. The minimum atomic E-state index is -0.652. The highest BCUT2D eigenvalue weighted by Gasteiger charge is 2.38. The zero-order valence-corrected chi connectivity index (χ0v) is 10.3. The van der Waals surface area contributed by atoms with Gasteiger partial charge in [0.25, 0.3) is 0 Å². The molecule has 0 aliphatic carbocycles. The van der Waals surface area contributed by atoms with Crippen LogP contribution in [0, 0.1) is 10.8 Å². The van der Waals surface area contributed by atoms with Crippen LogP contribution < -0.4 is 0 Å². The first-order valence-electron chi connectivity index (χ1n) is 5.69. The topological polar surface area (TPSA) is 40.5 Å². The van der Waals surface area contributed by atoms with Crippen molar-refractivity contribution in [3.05, 3.63) is 0 Å². The first-order valence-corrected chi connectivity index (χ1v) is 5.69. The second-order valence-corrected chi connectivity index (χ2v) is 6.24. The molecule has 1 heterocycles. The molecule has 0 aromatic carbocycles.